The fourth-order valence-corrected chi connectivity index (χ4v) is 3.53. The highest BCUT2D eigenvalue weighted by Crippen LogP contribution is 2.30. The number of halogens is 2. The maximum atomic E-state index is 14.0. The second-order valence-electron chi connectivity index (χ2n) is 7.59. The van der Waals surface area contributed by atoms with E-state index in [0.717, 1.165) is 16.9 Å². The summed E-state index contributed by atoms with van der Waals surface area (Å²) in [7, 11) is 3.82. The summed E-state index contributed by atoms with van der Waals surface area (Å²) in [5.41, 5.74) is 0.753. The Morgan fingerprint density at radius 1 is 1.19 bits per heavy atom. The molecule has 0 saturated heterocycles. The minimum atomic E-state index is -1.01. The van der Waals surface area contributed by atoms with Crippen LogP contribution in [-0.4, -0.2) is 48.7 Å². The van der Waals surface area contributed by atoms with Gasteiger partial charge in [0.25, 0.3) is 0 Å². The van der Waals surface area contributed by atoms with E-state index in [4.69, 9.17) is 4.74 Å². The number of nitrogens with zero attached hydrogens (tertiary/aromatic N) is 2. The van der Waals surface area contributed by atoms with Crippen molar-refractivity contribution >= 4 is 0 Å². The molecule has 2 aromatic carbocycles. The summed E-state index contributed by atoms with van der Waals surface area (Å²) < 4.78 is 33.8. The second kappa shape index (κ2) is 7.92. The van der Waals surface area contributed by atoms with Crippen molar-refractivity contribution in [1.29, 1.82) is 0 Å². The van der Waals surface area contributed by atoms with E-state index in [1.54, 1.807) is 6.92 Å². The zero-order valence-electron chi connectivity index (χ0n) is 16.0. The topological polar surface area (TPSA) is 35.9 Å². The molecule has 0 bridgehead atoms. The zero-order chi connectivity index (χ0) is 19.6. The number of aliphatic hydroxyl groups is 1. The van der Waals surface area contributed by atoms with Gasteiger partial charge in [-0.3, -0.25) is 4.90 Å². The van der Waals surface area contributed by atoms with Gasteiger partial charge in [0, 0.05) is 37.3 Å². The van der Waals surface area contributed by atoms with Crippen LogP contribution < -0.4 is 4.74 Å². The van der Waals surface area contributed by atoms with Crippen LogP contribution in [0.25, 0.3) is 0 Å². The highest BCUT2D eigenvalue weighted by atomic mass is 19.1. The Bertz CT molecular complexity index is 789. The summed E-state index contributed by atoms with van der Waals surface area (Å²) >= 11 is 0. The predicted molar refractivity (Wildman–Crippen MR) is 101 cm³/mol. The third kappa shape index (κ3) is 4.64. The lowest BCUT2D eigenvalue weighted by Crippen LogP contribution is -2.34. The van der Waals surface area contributed by atoms with Gasteiger partial charge in [-0.2, -0.15) is 0 Å². The average Bonchev–Trinajstić information content (AvgIpc) is 2.78. The smallest absolute Gasteiger partial charge is 0.130 e. The lowest BCUT2D eigenvalue weighted by molar-refractivity contribution is 0.0299. The van der Waals surface area contributed by atoms with Gasteiger partial charge in [-0.05, 0) is 50.8 Å². The minimum Gasteiger partial charge on any atom is -0.492 e. The maximum absolute atomic E-state index is 14.0. The van der Waals surface area contributed by atoms with Crippen LogP contribution in [0.5, 0.6) is 5.75 Å². The molecule has 3 rings (SSSR count). The van der Waals surface area contributed by atoms with Gasteiger partial charge in [0.1, 0.15) is 24.0 Å². The van der Waals surface area contributed by atoms with Crippen LogP contribution in [0.1, 0.15) is 23.6 Å². The number of likely N-dealkylation sites (N-methyl/N-ethyl adjacent to an activating group) is 1. The van der Waals surface area contributed by atoms with Crippen molar-refractivity contribution in [2.24, 2.45) is 0 Å². The number of fused-ring (bicyclic) bond motifs is 1. The summed E-state index contributed by atoms with van der Waals surface area (Å²) in [6.07, 6.45) is 0. The number of hydrogen-bond acceptors (Lipinski definition) is 4. The Morgan fingerprint density at radius 3 is 2.56 bits per heavy atom. The molecule has 1 N–H and O–H groups in total. The van der Waals surface area contributed by atoms with Gasteiger partial charge in [-0.1, -0.05) is 12.1 Å². The lowest BCUT2D eigenvalue weighted by atomic mass is 9.93. The molecule has 0 saturated carbocycles. The van der Waals surface area contributed by atoms with Gasteiger partial charge in [-0.15, -0.1) is 0 Å². The van der Waals surface area contributed by atoms with Crippen molar-refractivity contribution in [1.82, 2.24) is 9.80 Å². The van der Waals surface area contributed by atoms with Crippen LogP contribution in [0.15, 0.2) is 36.4 Å². The van der Waals surface area contributed by atoms with E-state index in [1.165, 1.54) is 18.2 Å². The third-order valence-corrected chi connectivity index (χ3v) is 4.81. The monoisotopic (exact) mass is 376 g/mol. The summed E-state index contributed by atoms with van der Waals surface area (Å²) in [5.74, 6) is -0.331. The summed E-state index contributed by atoms with van der Waals surface area (Å²) in [6, 6.07) is 9.58. The fourth-order valence-electron chi connectivity index (χ4n) is 3.53. The molecule has 0 spiro atoms. The molecule has 1 aliphatic rings. The Morgan fingerprint density at radius 2 is 1.89 bits per heavy atom. The number of rotatable bonds is 5. The quantitative estimate of drug-likeness (QED) is 0.870. The molecule has 6 heteroatoms. The first-order valence-electron chi connectivity index (χ1n) is 9.05. The molecule has 2 aromatic rings. The zero-order valence-corrected chi connectivity index (χ0v) is 16.0. The van der Waals surface area contributed by atoms with E-state index in [9.17, 15) is 13.9 Å². The van der Waals surface area contributed by atoms with Gasteiger partial charge in [-0.25, -0.2) is 8.78 Å². The molecule has 1 atom stereocenters. The van der Waals surface area contributed by atoms with E-state index in [0.29, 0.717) is 26.2 Å². The van der Waals surface area contributed by atoms with E-state index in [1.807, 2.05) is 42.1 Å². The molecule has 27 heavy (non-hydrogen) atoms. The van der Waals surface area contributed by atoms with Crippen molar-refractivity contribution < 1.29 is 18.6 Å². The molecule has 4 nitrogen and oxygen atoms in total. The molecular weight excluding hydrogens is 350 g/mol. The summed E-state index contributed by atoms with van der Waals surface area (Å²) in [4.78, 5) is 3.88. The maximum Gasteiger partial charge on any atom is 0.130 e. The van der Waals surface area contributed by atoms with Crippen LogP contribution in [0.2, 0.25) is 0 Å². The van der Waals surface area contributed by atoms with Crippen LogP contribution >= 0.6 is 0 Å². The fraction of sp³-hybridized carbons (Fsp3) is 0.429. The van der Waals surface area contributed by atoms with E-state index < -0.39 is 17.2 Å². The predicted octanol–water partition coefficient (Wildman–Crippen LogP) is 3.13. The first kappa shape index (κ1) is 19.7. The molecule has 0 aromatic heterocycles. The molecule has 0 fully saturated rings. The van der Waals surface area contributed by atoms with E-state index in [-0.39, 0.29) is 12.1 Å². The van der Waals surface area contributed by atoms with E-state index >= 15 is 0 Å². The van der Waals surface area contributed by atoms with Gasteiger partial charge in [0.15, 0.2) is 0 Å². The van der Waals surface area contributed by atoms with Crippen LogP contribution in [0.3, 0.4) is 0 Å². The van der Waals surface area contributed by atoms with Gasteiger partial charge >= 0.3 is 0 Å². The number of benzene rings is 2. The minimum absolute atomic E-state index is 0.0664. The average molecular weight is 376 g/mol. The van der Waals surface area contributed by atoms with E-state index in [2.05, 4.69) is 0 Å². The molecule has 0 amide bonds. The normalized spacial score (nSPS) is 17.1. The summed E-state index contributed by atoms with van der Waals surface area (Å²) in [6.45, 7) is 3.92. The van der Waals surface area contributed by atoms with Crippen molar-refractivity contribution in [2.75, 3.05) is 33.8 Å². The molecule has 146 valence electrons. The summed E-state index contributed by atoms with van der Waals surface area (Å²) in [5, 5.41) is 10.8. The van der Waals surface area contributed by atoms with Crippen molar-refractivity contribution in [2.45, 2.75) is 25.6 Å². The molecule has 1 unspecified atom stereocenters. The lowest BCUT2D eigenvalue weighted by Gasteiger charge is -2.28. The Balaban J connectivity index is 1.84. The van der Waals surface area contributed by atoms with Crippen LogP contribution in [-0.2, 0) is 18.7 Å². The van der Waals surface area contributed by atoms with Crippen molar-refractivity contribution in [3.8, 4) is 5.75 Å². The third-order valence-electron chi connectivity index (χ3n) is 4.81. The van der Waals surface area contributed by atoms with Crippen molar-refractivity contribution in [3.05, 3.63) is 64.7 Å². The molecule has 0 radical (unpaired) electrons. The molecule has 1 heterocycles. The SMILES string of the molecule is CN(C)CC(C)(O)c1ccc2c(c1)CN(Cc1c(F)cccc1F)CCO2. The van der Waals surface area contributed by atoms with Crippen LogP contribution in [0.4, 0.5) is 8.78 Å². The molecular formula is C21H26F2N2O2. The van der Waals surface area contributed by atoms with Gasteiger partial charge in [0.05, 0.1) is 5.60 Å². The van der Waals surface area contributed by atoms with Gasteiger partial charge in [0.2, 0.25) is 0 Å². The highest BCUT2D eigenvalue weighted by molar-refractivity contribution is 5.40. The molecule has 0 aliphatic carbocycles. The first-order chi connectivity index (χ1) is 12.8. The van der Waals surface area contributed by atoms with Crippen molar-refractivity contribution in [3.63, 3.8) is 0 Å². The highest BCUT2D eigenvalue weighted by Gasteiger charge is 2.26. The van der Waals surface area contributed by atoms with Gasteiger partial charge < -0.3 is 14.7 Å². The second-order valence-corrected chi connectivity index (χ2v) is 7.59. The standard InChI is InChI=1S/C21H26F2N2O2/c1-21(26,14-24(2)3)16-7-8-20-15(11-16)12-25(9-10-27-20)13-17-18(22)5-4-6-19(17)23/h4-8,11,26H,9-10,12-14H2,1-3H3. The Hall–Kier alpha value is -2.02. The number of hydrogen-bond donors (Lipinski definition) is 1. The van der Waals surface area contributed by atoms with Crippen LogP contribution in [0, 0.1) is 11.6 Å². The Labute approximate surface area is 159 Å². The largest absolute Gasteiger partial charge is 0.492 e. The number of ether oxygens (including phenoxy) is 1. The molecule has 1 aliphatic heterocycles. The Kier molecular flexibility index (Phi) is 5.79. The first-order valence-corrected chi connectivity index (χ1v) is 9.05.